The molecule has 29 heavy (non-hydrogen) atoms. The first kappa shape index (κ1) is 24.5. The van der Waals surface area contributed by atoms with Crippen molar-refractivity contribution in [1.29, 1.82) is 0 Å². The number of rotatable bonds is 10. The van der Waals surface area contributed by atoms with Crippen molar-refractivity contribution in [1.82, 2.24) is 10.3 Å². The highest BCUT2D eigenvalue weighted by atomic mass is 32.2. The van der Waals surface area contributed by atoms with Gasteiger partial charge in [-0.3, -0.25) is 0 Å². The third kappa shape index (κ3) is 7.17. The molecule has 2 unspecified atom stereocenters. The molecule has 2 atom stereocenters. The molecule has 1 aliphatic rings. The van der Waals surface area contributed by atoms with Gasteiger partial charge in [0.05, 0.1) is 4.90 Å². The Morgan fingerprint density at radius 2 is 1.76 bits per heavy atom. The van der Waals surface area contributed by atoms with E-state index in [-0.39, 0.29) is 11.1 Å². The summed E-state index contributed by atoms with van der Waals surface area (Å²) in [5, 5.41) is 0.252. The van der Waals surface area contributed by atoms with Crippen LogP contribution in [0.3, 0.4) is 0 Å². The Kier molecular flexibility index (Phi) is 8.50. The molecule has 2 N–H and O–H groups in total. The van der Waals surface area contributed by atoms with Crippen molar-refractivity contribution in [3.63, 3.8) is 0 Å². The summed E-state index contributed by atoms with van der Waals surface area (Å²) in [5.74, 6) is 0.517. The minimum absolute atomic E-state index is 0.205. The second kappa shape index (κ2) is 10.0. The highest BCUT2D eigenvalue weighted by Gasteiger charge is 2.36. The van der Waals surface area contributed by atoms with Crippen molar-refractivity contribution in [2.24, 2.45) is 5.92 Å². The minimum atomic E-state index is -3.52. The molecule has 0 aliphatic heterocycles. The smallest absolute Gasteiger partial charge is 0.253 e. The zero-order chi connectivity index (χ0) is 21.7. The quantitative estimate of drug-likeness (QED) is 0.300. The van der Waals surface area contributed by atoms with E-state index in [4.69, 9.17) is 4.43 Å². The Hall–Kier alpha value is -0.733. The molecular formula is C22H40N2O3SSi. The van der Waals surface area contributed by atoms with Crippen LogP contribution in [0, 0.1) is 12.8 Å². The van der Waals surface area contributed by atoms with Gasteiger partial charge < -0.3 is 4.43 Å². The lowest BCUT2D eigenvalue weighted by Gasteiger charge is -2.36. The van der Waals surface area contributed by atoms with E-state index < -0.39 is 18.3 Å². The van der Waals surface area contributed by atoms with Crippen LogP contribution < -0.4 is 10.3 Å². The van der Waals surface area contributed by atoms with Crippen LogP contribution in [0.15, 0.2) is 29.2 Å². The first-order valence-electron chi connectivity index (χ1n) is 10.9. The predicted molar refractivity (Wildman–Crippen MR) is 123 cm³/mol. The second-order valence-corrected chi connectivity index (χ2v) is 16.5. The summed E-state index contributed by atoms with van der Waals surface area (Å²) in [4.78, 5) is 2.91. The molecule has 0 aromatic heterocycles. The van der Waals surface area contributed by atoms with E-state index in [1.54, 1.807) is 12.1 Å². The maximum atomic E-state index is 12.5. The van der Waals surface area contributed by atoms with E-state index >= 15 is 0 Å². The molecule has 1 aromatic carbocycles. The predicted octanol–water partition coefficient (Wildman–Crippen LogP) is 5.14. The van der Waals surface area contributed by atoms with E-state index in [1.165, 1.54) is 0 Å². The molecule has 2 rings (SSSR count). The highest BCUT2D eigenvalue weighted by Crippen LogP contribution is 2.36. The molecule has 5 nitrogen and oxygen atoms in total. The molecule has 0 saturated heterocycles. The number of sulfonamides is 1. The molecule has 0 amide bonds. The van der Waals surface area contributed by atoms with Crippen molar-refractivity contribution >= 4 is 18.3 Å². The summed E-state index contributed by atoms with van der Waals surface area (Å²) in [6, 6.07) is 7.14. The van der Waals surface area contributed by atoms with Gasteiger partial charge in [-0.1, -0.05) is 51.3 Å². The molecule has 0 bridgehead atoms. The fourth-order valence-electron chi connectivity index (χ4n) is 3.55. The van der Waals surface area contributed by atoms with Crippen LogP contribution in [0.2, 0.25) is 18.1 Å². The lowest BCUT2D eigenvalue weighted by molar-refractivity contribution is 0.268. The van der Waals surface area contributed by atoms with Gasteiger partial charge in [0.15, 0.2) is 8.32 Å². The van der Waals surface area contributed by atoms with Crippen molar-refractivity contribution in [3.8, 4) is 0 Å². The molecule has 1 aliphatic carbocycles. The second-order valence-electron chi connectivity index (χ2n) is 9.96. The molecule has 0 spiro atoms. The SMILES string of the molecule is Cc1ccc(S(=O)(=O)NNC2CCCC2CCCCO[Si](C)(C)C(C)(C)C)cc1. The lowest BCUT2D eigenvalue weighted by atomic mass is 9.97. The van der Waals surface area contributed by atoms with Gasteiger partial charge in [-0.15, -0.1) is 4.83 Å². The molecule has 1 saturated carbocycles. The van der Waals surface area contributed by atoms with Gasteiger partial charge in [-0.2, -0.15) is 0 Å². The van der Waals surface area contributed by atoms with E-state index in [0.717, 1.165) is 50.7 Å². The van der Waals surface area contributed by atoms with Crippen molar-refractivity contribution < 1.29 is 12.8 Å². The number of aryl methyl sites for hydroxylation is 1. The first-order valence-corrected chi connectivity index (χ1v) is 15.3. The number of benzene rings is 1. The lowest BCUT2D eigenvalue weighted by Crippen LogP contribution is -2.45. The van der Waals surface area contributed by atoms with Gasteiger partial charge in [-0.05, 0) is 68.8 Å². The molecule has 1 fully saturated rings. The maximum absolute atomic E-state index is 12.5. The van der Waals surface area contributed by atoms with Crippen LogP contribution in [0.5, 0.6) is 0 Å². The summed E-state index contributed by atoms with van der Waals surface area (Å²) in [7, 11) is -5.18. The van der Waals surface area contributed by atoms with Gasteiger partial charge in [0.25, 0.3) is 10.0 Å². The number of hydrogen-bond donors (Lipinski definition) is 2. The average Bonchev–Trinajstić information content (AvgIpc) is 3.06. The van der Waals surface area contributed by atoms with Crippen LogP contribution in [0.25, 0.3) is 0 Å². The molecule has 0 radical (unpaired) electrons. The fourth-order valence-corrected chi connectivity index (χ4v) is 5.56. The van der Waals surface area contributed by atoms with Crippen LogP contribution in [0.4, 0.5) is 0 Å². The van der Waals surface area contributed by atoms with E-state index in [1.807, 2.05) is 19.1 Å². The van der Waals surface area contributed by atoms with Crippen molar-refractivity contribution in [2.45, 2.75) is 95.3 Å². The Labute approximate surface area is 179 Å². The first-order chi connectivity index (χ1) is 13.4. The van der Waals surface area contributed by atoms with Gasteiger partial charge in [-0.25, -0.2) is 13.8 Å². The van der Waals surface area contributed by atoms with Crippen LogP contribution in [-0.4, -0.2) is 29.4 Å². The zero-order valence-electron chi connectivity index (χ0n) is 19.0. The highest BCUT2D eigenvalue weighted by molar-refractivity contribution is 7.89. The van der Waals surface area contributed by atoms with Crippen LogP contribution >= 0.6 is 0 Å². The number of hydrogen-bond acceptors (Lipinski definition) is 4. The number of nitrogens with one attached hydrogen (secondary N) is 2. The molecule has 0 heterocycles. The van der Waals surface area contributed by atoms with E-state index in [0.29, 0.717) is 10.8 Å². The van der Waals surface area contributed by atoms with Crippen molar-refractivity contribution in [2.75, 3.05) is 6.61 Å². The summed E-state index contributed by atoms with van der Waals surface area (Å²) in [6.07, 6.45) is 6.64. The van der Waals surface area contributed by atoms with Crippen LogP contribution in [0.1, 0.15) is 64.9 Å². The van der Waals surface area contributed by atoms with Crippen LogP contribution in [-0.2, 0) is 14.4 Å². The third-order valence-electron chi connectivity index (χ3n) is 6.61. The summed E-state index contributed by atoms with van der Waals surface area (Å²) in [6.45, 7) is 14.2. The summed E-state index contributed by atoms with van der Waals surface area (Å²) >= 11 is 0. The minimum Gasteiger partial charge on any atom is -0.417 e. The Bertz CT molecular complexity index is 742. The topological polar surface area (TPSA) is 67.4 Å². The molecular weight excluding hydrogens is 400 g/mol. The van der Waals surface area contributed by atoms with Gasteiger partial charge in [0.1, 0.15) is 0 Å². The van der Waals surface area contributed by atoms with Gasteiger partial charge >= 0.3 is 0 Å². The zero-order valence-corrected chi connectivity index (χ0v) is 20.9. The van der Waals surface area contributed by atoms with Gasteiger partial charge in [0.2, 0.25) is 0 Å². The Morgan fingerprint density at radius 3 is 2.38 bits per heavy atom. The van der Waals surface area contributed by atoms with Gasteiger partial charge in [0, 0.05) is 12.6 Å². The molecule has 7 heteroatoms. The summed E-state index contributed by atoms with van der Waals surface area (Å²) < 4.78 is 31.3. The molecule has 166 valence electrons. The standard InChI is InChI=1S/C22H40N2O3SSi/c1-18-13-15-20(16-14-18)28(25,26)24-23-21-12-9-11-19(21)10-7-8-17-27-29(5,6)22(2,3)4/h13-16,19,21,23-24H,7-12,17H2,1-6H3. The van der Waals surface area contributed by atoms with Crippen molar-refractivity contribution in [3.05, 3.63) is 29.8 Å². The summed E-state index contributed by atoms with van der Waals surface area (Å²) in [5.41, 5.74) is 4.15. The Balaban J connectivity index is 1.75. The number of hydrazine groups is 1. The number of unbranched alkanes of at least 4 members (excludes halogenated alkanes) is 1. The molecule has 1 aromatic rings. The third-order valence-corrected chi connectivity index (χ3v) is 12.4. The van der Waals surface area contributed by atoms with E-state index in [9.17, 15) is 8.42 Å². The maximum Gasteiger partial charge on any atom is 0.253 e. The van der Waals surface area contributed by atoms with E-state index in [2.05, 4.69) is 44.1 Å². The largest absolute Gasteiger partial charge is 0.417 e. The fraction of sp³-hybridized carbons (Fsp3) is 0.727. The average molecular weight is 441 g/mol. The monoisotopic (exact) mass is 440 g/mol. The Morgan fingerprint density at radius 1 is 1.10 bits per heavy atom. The normalized spacial score (nSPS) is 20.9.